The molecule has 22 heavy (non-hydrogen) atoms. The molecule has 2 aromatic rings. The second kappa shape index (κ2) is 7.26. The Bertz CT molecular complexity index is 639. The fourth-order valence-corrected chi connectivity index (χ4v) is 1.98. The molecule has 2 N–H and O–H groups in total. The number of hydrogen-bond acceptors (Lipinski definition) is 4. The number of aliphatic carboxylic acids is 1. The number of benzene rings is 1. The number of carbonyl (C=O) groups excluding carboxylic acids is 1. The molecule has 0 aliphatic heterocycles. The minimum absolute atomic E-state index is 0.0754. The molecule has 1 atom stereocenters. The van der Waals surface area contributed by atoms with Gasteiger partial charge in [0.1, 0.15) is 6.61 Å². The van der Waals surface area contributed by atoms with Crippen LogP contribution in [0.4, 0.5) is 4.79 Å². The smallest absolute Gasteiger partial charge is 0.408 e. The normalized spacial score (nSPS) is 11.7. The van der Waals surface area contributed by atoms with E-state index in [-0.39, 0.29) is 6.61 Å². The highest BCUT2D eigenvalue weighted by atomic mass is 16.5. The molecule has 1 heterocycles. The van der Waals surface area contributed by atoms with E-state index >= 15 is 0 Å². The molecule has 0 saturated carbocycles. The number of ether oxygens (including phenoxy) is 1. The lowest BCUT2D eigenvalue weighted by Crippen LogP contribution is -2.35. The van der Waals surface area contributed by atoms with Gasteiger partial charge in [0.15, 0.2) is 6.04 Å². The highest BCUT2D eigenvalue weighted by Crippen LogP contribution is 2.13. The second-order valence-electron chi connectivity index (χ2n) is 4.58. The van der Waals surface area contributed by atoms with Gasteiger partial charge < -0.3 is 19.7 Å². The lowest BCUT2D eigenvalue weighted by molar-refractivity contribution is -0.139. The third-order valence-corrected chi connectivity index (χ3v) is 3.10. The summed E-state index contributed by atoms with van der Waals surface area (Å²) in [5.74, 6) is -1.17. The fourth-order valence-electron chi connectivity index (χ4n) is 1.98. The van der Waals surface area contributed by atoms with Crippen LogP contribution in [0.2, 0.25) is 0 Å². The van der Waals surface area contributed by atoms with Gasteiger partial charge in [0.25, 0.3) is 0 Å². The molecule has 1 aromatic heterocycles. The molecule has 1 amide bonds. The fraction of sp³-hybridized carbons (Fsp3) is 0.267. The van der Waals surface area contributed by atoms with Gasteiger partial charge in [-0.2, -0.15) is 0 Å². The lowest BCUT2D eigenvalue weighted by atomic mass is 10.2. The van der Waals surface area contributed by atoms with Gasteiger partial charge in [0.2, 0.25) is 0 Å². The van der Waals surface area contributed by atoms with Crippen LogP contribution in [0.1, 0.15) is 24.2 Å². The summed E-state index contributed by atoms with van der Waals surface area (Å²) in [7, 11) is 0. The Labute approximate surface area is 127 Å². The van der Waals surface area contributed by atoms with Gasteiger partial charge in [-0.05, 0) is 12.5 Å². The van der Waals surface area contributed by atoms with Crippen molar-refractivity contribution in [2.45, 2.75) is 26.1 Å². The van der Waals surface area contributed by atoms with Crippen molar-refractivity contribution in [3.05, 3.63) is 54.1 Å². The van der Waals surface area contributed by atoms with E-state index in [1.165, 1.54) is 12.5 Å². The monoisotopic (exact) mass is 303 g/mol. The molecule has 0 radical (unpaired) electrons. The molecule has 0 bridgehead atoms. The molecule has 7 heteroatoms. The van der Waals surface area contributed by atoms with Crippen LogP contribution in [0.25, 0.3) is 0 Å². The molecule has 0 fully saturated rings. The van der Waals surface area contributed by atoms with Crippen molar-refractivity contribution in [2.75, 3.05) is 0 Å². The van der Waals surface area contributed by atoms with Crippen molar-refractivity contribution in [1.29, 1.82) is 0 Å². The van der Waals surface area contributed by atoms with E-state index in [0.717, 1.165) is 5.56 Å². The topological polar surface area (TPSA) is 93.5 Å². The van der Waals surface area contributed by atoms with Gasteiger partial charge >= 0.3 is 12.1 Å². The molecule has 1 unspecified atom stereocenters. The van der Waals surface area contributed by atoms with Crippen LogP contribution in [0.15, 0.2) is 42.9 Å². The quantitative estimate of drug-likeness (QED) is 0.850. The van der Waals surface area contributed by atoms with Gasteiger partial charge in [-0.1, -0.05) is 30.3 Å². The van der Waals surface area contributed by atoms with E-state index in [0.29, 0.717) is 12.2 Å². The first kappa shape index (κ1) is 15.6. The summed E-state index contributed by atoms with van der Waals surface area (Å²) in [5, 5.41) is 11.6. The predicted octanol–water partition coefficient (Wildman–Crippen LogP) is 1.96. The first-order valence-corrected chi connectivity index (χ1v) is 6.82. The number of nitrogens with one attached hydrogen (secondary N) is 1. The molecule has 116 valence electrons. The Morgan fingerprint density at radius 3 is 2.73 bits per heavy atom. The molecule has 0 aliphatic carbocycles. The van der Waals surface area contributed by atoms with Crippen molar-refractivity contribution in [2.24, 2.45) is 0 Å². The highest BCUT2D eigenvalue weighted by Gasteiger charge is 2.25. The maximum Gasteiger partial charge on any atom is 0.408 e. The number of carboxylic acid groups (broad SMARTS) is 1. The van der Waals surface area contributed by atoms with Crippen LogP contribution in [-0.2, 0) is 22.7 Å². The maximum absolute atomic E-state index is 11.8. The Morgan fingerprint density at radius 2 is 2.09 bits per heavy atom. The average Bonchev–Trinajstić information content (AvgIpc) is 2.99. The van der Waals surface area contributed by atoms with Crippen molar-refractivity contribution < 1.29 is 19.4 Å². The summed E-state index contributed by atoms with van der Waals surface area (Å²) in [6, 6.07) is 7.94. The van der Waals surface area contributed by atoms with E-state index in [1.807, 2.05) is 37.3 Å². The third-order valence-electron chi connectivity index (χ3n) is 3.10. The average molecular weight is 303 g/mol. The van der Waals surface area contributed by atoms with Gasteiger partial charge in [-0.25, -0.2) is 14.6 Å². The Balaban J connectivity index is 1.99. The van der Waals surface area contributed by atoms with Crippen LogP contribution in [-0.4, -0.2) is 26.7 Å². The van der Waals surface area contributed by atoms with Crippen LogP contribution in [0, 0.1) is 0 Å². The summed E-state index contributed by atoms with van der Waals surface area (Å²) in [4.78, 5) is 27.1. The molecule has 2 rings (SSSR count). The van der Waals surface area contributed by atoms with E-state index in [9.17, 15) is 14.7 Å². The number of alkyl carbamates (subject to hydrolysis) is 1. The summed E-state index contributed by atoms with van der Waals surface area (Å²) < 4.78 is 6.69. The minimum Gasteiger partial charge on any atom is -0.479 e. The van der Waals surface area contributed by atoms with Gasteiger partial charge in [-0.15, -0.1) is 0 Å². The zero-order valence-corrected chi connectivity index (χ0v) is 12.1. The van der Waals surface area contributed by atoms with Crippen molar-refractivity contribution >= 4 is 12.1 Å². The first-order chi connectivity index (χ1) is 10.6. The van der Waals surface area contributed by atoms with Crippen LogP contribution in [0.5, 0.6) is 0 Å². The van der Waals surface area contributed by atoms with Gasteiger partial charge in [0.05, 0.1) is 18.2 Å². The molecular weight excluding hydrogens is 286 g/mol. The van der Waals surface area contributed by atoms with Crippen LogP contribution >= 0.6 is 0 Å². The molecule has 0 aliphatic rings. The predicted molar refractivity (Wildman–Crippen MR) is 78.0 cm³/mol. The summed E-state index contributed by atoms with van der Waals surface area (Å²) in [6.45, 7) is 2.49. The zero-order valence-electron chi connectivity index (χ0n) is 12.1. The Hall–Kier alpha value is -2.83. The molecular formula is C15H17N3O4. The Kier molecular flexibility index (Phi) is 5.13. The number of amides is 1. The number of carbonyl (C=O) groups is 2. The second-order valence-corrected chi connectivity index (χ2v) is 4.58. The van der Waals surface area contributed by atoms with E-state index in [4.69, 9.17) is 4.74 Å². The third kappa shape index (κ3) is 3.85. The summed E-state index contributed by atoms with van der Waals surface area (Å²) in [5.41, 5.74) is 1.22. The standard InChI is InChI=1S/C15H17N3O4/c1-2-18-10-16-8-12(18)13(14(19)20)17-15(21)22-9-11-6-4-3-5-7-11/h3-8,10,13H,2,9H2,1H3,(H,17,21)(H,19,20). The molecule has 0 spiro atoms. The van der Waals surface area contributed by atoms with Crippen molar-refractivity contribution in [1.82, 2.24) is 14.9 Å². The summed E-state index contributed by atoms with van der Waals surface area (Å²) in [6.07, 6.45) is 2.14. The van der Waals surface area contributed by atoms with E-state index < -0.39 is 18.1 Å². The first-order valence-electron chi connectivity index (χ1n) is 6.82. The van der Waals surface area contributed by atoms with Crippen molar-refractivity contribution in [3.63, 3.8) is 0 Å². The Morgan fingerprint density at radius 1 is 1.36 bits per heavy atom. The van der Waals surface area contributed by atoms with Crippen LogP contribution < -0.4 is 5.32 Å². The number of rotatable bonds is 6. The van der Waals surface area contributed by atoms with Gasteiger partial charge in [0, 0.05) is 6.54 Å². The number of hydrogen-bond donors (Lipinski definition) is 2. The van der Waals surface area contributed by atoms with E-state index in [2.05, 4.69) is 10.3 Å². The highest BCUT2D eigenvalue weighted by molar-refractivity contribution is 5.80. The molecule has 7 nitrogen and oxygen atoms in total. The van der Waals surface area contributed by atoms with Crippen molar-refractivity contribution in [3.8, 4) is 0 Å². The number of imidazole rings is 1. The molecule has 1 aromatic carbocycles. The van der Waals surface area contributed by atoms with Gasteiger partial charge in [-0.3, -0.25) is 0 Å². The number of aryl methyl sites for hydroxylation is 1. The maximum atomic E-state index is 11.8. The number of nitrogens with zero attached hydrogens (tertiary/aromatic N) is 2. The lowest BCUT2D eigenvalue weighted by Gasteiger charge is -2.16. The molecule has 0 saturated heterocycles. The summed E-state index contributed by atoms with van der Waals surface area (Å²) >= 11 is 0. The van der Waals surface area contributed by atoms with E-state index in [1.54, 1.807) is 4.57 Å². The zero-order chi connectivity index (χ0) is 15.9. The largest absolute Gasteiger partial charge is 0.479 e. The van der Waals surface area contributed by atoms with Crippen LogP contribution in [0.3, 0.4) is 0 Å². The SMILES string of the molecule is CCn1cncc1C(NC(=O)OCc1ccccc1)C(=O)O. The minimum atomic E-state index is -1.20. The number of aromatic nitrogens is 2. The number of carboxylic acids is 1.